The predicted molar refractivity (Wildman–Crippen MR) is 63.4 cm³/mol. The molecule has 0 unspecified atom stereocenters. The Morgan fingerprint density at radius 1 is 1.44 bits per heavy atom. The number of benzene rings is 1. The van der Waals surface area contributed by atoms with Gasteiger partial charge in [-0.05, 0) is 31.2 Å². The van der Waals surface area contributed by atoms with Gasteiger partial charge in [-0.3, -0.25) is 4.79 Å². The van der Waals surface area contributed by atoms with Gasteiger partial charge in [-0.1, -0.05) is 0 Å². The summed E-state index contributed by atoms with van der Waals surface area (Å²) in [5.41, 5.74) is 0.612. The Hall–Kier alpha value is -1.95. The molecule has 0 heterocycles. The van der Waals surface area contributed by atoms with Crippen molar-refractivity contribution in [3.63, 3.8) is 0 Å². The van der Waals surface area contributed by atoms with E-state index in [9.17, 15) is 4.79 Å². The average molecular weight is 217 g/mol. The quantitative estimate of drug-likeness (QED) is 0.603. The van der Waals surface area contributed by atoms with Gasteiger partial charge >= 0.3 is 0 Å². The highest BCUT2D eigenvalue weighted by Crippen LogP contribution is 2.11. The van der Waals surface area contributed by atoms with E-state index in [1.54, 1.807) is 24.3 Å². The van der Waals surface area contributed by atoms with Crippen LogP contribution in [0.2, 0.25) is 0 Å². The summed E-state index contributed by atoms with van der Waals surface area (Å²) in [4.78, 5) is 11.6. The van der Waals surface area contributed by atoms with Gasteiger partial charge in [0, 0.05) is 18.5 Å². The minimum absolute atomic E-state index is 0.113. The molecule has 0 saturated heterocycles. The van der Waals surface area contributed by atoms with E-state index >= 15 is 0 Å². The zero-order valence-electron chi connectivity index (χ0n) is 9.32. The molecule has 0 aromatic heterocycles. The molecule has 1 aromatic rings. The highest BCUT2D eigenvalue weighted by Gasteiger charge is 2.03. The summed E-state index contributed by atoms with van der Waals surface area (Å²) >= 11 is 0. The van der Waals surface area contributed by atoms with Crippen LogP contribution in [-0.4, -0.2) is 19.1 Å². The van der Waals surface area contributed by atoms with Crippen molar-refractivity contribution in [2.75, 3.05) is 13.2 Å². The monoisotopic (exact) mass is 217 g/mol. The Morgan fingerprint density at radius 2 is 2.12 bits per heavy atom. The number of nitrogens with one attached hydrogen (secondary N) is 1. The van der Waals surface area contributed by atoms with Gasteiger partial charge in [-0.2, -0.15) is 0 Å². The molecule has 0 saturated carbocycles. The van der Waals surface area contributed by atoms with Crippen molar-refractivity contribution in [3.8, 4) is 18.1 Å². The third kappa shape index (κ3) is 3.66. The van der Waals surface area contributed by atoms with E-state index in [0.717, 1.165) is 5.75 Å². The topological polar surface area (TPSA) is 38.3 Å². The number of hydrogen-bond donors (Lipinski definition) is 1. The lowest BCUT2D eigenvalue weighted by Crippen LogP contribution is -2.24. The summed E-state index contributed by atoms with van der Waals surface area (Å²) in [6.07, 6.45) is 5.63. The van der Waals surface area contributed by atoms with Crippen LogP contribution >= 0.6 is 0 Å². The van der Waals surface area contributed by atoms with Gasteiger partial charge in [0.2, 0.25) is 0 Å². The minimum atomic E-state index is -0.113. The van der Waals surface area contributed by atoms with Gasteiger partial charge in [-0.25, -0.2) is 0 Å². The molecule has 1 aromatic carbocycles. The van der Waals surface area contributed by atoms with E-state index in [2.05, 4.69) is 11.2 Å². The molecule has 0 spiro atoms. The summed E-state index contributed by atoms with van der Waals surface area (Å²) < 4.78 is 5.28. The number of carbonyl (C=O) groups excluding carboxylic acids is 1. The van der Waals surface area contributed by atoms with E-state index < -0.39 is 0 Å². The molecular weight excluding hydrogens is 202 g/mol. The van der Waals surface area contributed by atoms with Crippen LogP contribution < -0.4 is 10.1 Å². The third-order valence-corrected chi connectivity index (χ3v) is 1.98. The predicted octanol–water partition coefficient (Wildman–Crippen LogP) is 1.84. The Kier molecular flexibility index (Phi) is 4.94. The van der Waals surface area contributed by atoms with Crippen LogP contribution in [0.3, 0.4) is 0 Å². The summed E-state index contributed by atoms with van der Waals surface area (Å²) in [5.74, 6) is 3.12. The Morgan fingerprint density at radius 3 is 2.69 bits per heavy atom. The van der Waals surface area contributed by atoms with E-state index in [4.69, 9.17) is 11.2 Å². The number of carbonyl (C=O) groups is 1. The Balaban J connectivity index is 2.53. The van der Waals surface area contributed by atoms with E-state index in [1.807, 2.05) is 6.92 Å². The molecule has 0 bridgehead atoms. The van der Waals surface area contributed by atoms with Gasteiger partial charge in [0.1, 0.15) is 5.75 Å². The van der Waals surface area contributed by atoms with Crippen LogP contribution in [-0.2, 0) is 0 Å². The van der Waals surface area contributed by atoms with Crippen molar-refractivity contribution in [3.05, 3.63) is 29.8 Å². The molecule has 16 heavy (non-hydrogen) atoms. The van der Waals surface area contributed by atoms with Crippen molar-refractivity contribution in [2.24, 2.45) is 0 Å². The second kappa shape index (κ2) is 6.52. The number of ether oxygens (including phenoxy) is 1. The fraction of sp³-hybridized carbons (Fsp3) is 0.308. The molecule has 1 N–H and O–H groups in total. The summed E-state index contributed by atoms with van der Waals surface area (Å²) in [5, 5.41) is 2.73. The molecule has 3 nitrogen and oxygen atoms in total. The van der Waals surface area contributed by atoms with Gasteiger partial charge in [-0.15, -0.1) is 12.3 Å². The first kappa shape index (κ1) is 12.1. The maximum absolute atomic E-state index is 11.6. The first-order chi connectivity index (χ1) is 7.77. The molecule has 3 heteroatoms. The molecule has 1 amide bonds. The second-order valence-corrected chi connectivity index (χ2v) is 3.17. The smallest absolute Gasteiger partial charge is 0.251 e. The first-order valence-corrected chi connectivity index (χ1v) is 5.22. The zero-order chi connectivity index (χ0) is 11.8. The van der Waals surface area contributed by atoms with Gasteiger partial charge in [0.25, 0.3) is 5.91 Å². The molecular formula is C13H15NO2. The fourth-order valence-corrected chi connectivity index (χ4v) is 1.22. The lowest BCUT2D eigenvalue weighted by Gasteiger charge is -2.05. The summed E-state index contributed by atoms with van der Waals surface area (Å²) in [6.45, 7) is 3.04. The van der Waals surface area contributed by atoms with Crippen molar-refractivity contribution in [1.82, 2.24) is 5.32 Å². The molecule has 0 atom stereocenters. The normalized spacial score (nSPS) is 9.25. The van der Waals surface area contributed by atoms with Crippen LogP contribution in [0.4, 0.5) is 0 Å². The summed E-state index contributed by atoms with van der Waals surface area (Å²) in [6, 6.07) is 7.02. The minimum Gasteiger partial charge on any atom is -0.494 e. The highest BCUT2D eigenvalue weighted by atomic mass is 16.5. The lowest BCUT2D eigenvalue weighted by atomic mass is 10.2. The van der Waals surface area contributed by atoms with E-state index in [0.29, 0.717) is 25.1 Å². The van der Waals surface area contributed by atoms with Gasteiger partial charge in [0.15, 0.2) is 0 Å². The molecule has 84 valence electrons. The molecule has 1 rings (SSSR count). The zero-order valence-corrected chi connectivity index (χ0v) is 9.32. The highest BCUT2D eigenvalue weighted by molar-refractivity contribution is 5.94. The van der Waals surface area contributed by atoms with Gasteiger partial charge in [0.05, 0.1) is 6.61 Å². The van der Waals surface area contributed by atoms with Crippen LogP contribution in [0, 0.1) is 12.3 Å². The van der Waals surface area contributed by atoms with Crippen molar-refractivity contribution in [2.45, 2.75) is 13.3 Å². The number of amides is 1. The Labute approximate surface area is 95.8 Å². The maximum atomic E-state index is 11.6. The SMILES string of the molecule is C#CCCNC(=O)c1ccc(OCC)cc1. The van der Waals surface area contributed by atoms with Crippen LogP contribution in [0.5, 0.6) is 5.75 Å². The molecule has 0 aliphatic rings. The fourth-order valence-electron chi connectivity index (χ4n) is 1.22. The standard InChI is InChI=1S/C13H15NO2/c1-3-5-10-14-13(15)11-6-8-12(9-7-11)16-4-2/h1,6-9H,4-5,10H2,2H3,(H,14,15). The van der Waals surface area contributed by atoms with Crippen LogP contribution in [0.25, 0.3) is 0 Å². The molecule has 0 aliphatic heterocycles. The molecule has 0 aliphatic carbocycles. The molecule has 0 fully saturated rings. The second-order valence-electron chi connectivity index (χ2n) is 3.17. The van der Waals surface area contributed by atoms with Crippen molar-refractivity contribution >= 4 is 5.91 Å². The average Bonchev–Trinajstić information content (AvgIpc) is 2.30. The first-order valence-electron chi connectivity index (χ1n) is 5.22. The maximum Gasteiger partial charge on any atom is 0.251 e. The molecule has 0 radical (unpaired) electrons. The van der Waals surface area contributed by atoms with E-state index in [-0.39, 0.29) is 5.91 Å². The Bertz CT molecular complexity index is 376. The number of terminal acetylenes is 1. The largest absolute Gasteiger partial charge is 0.494 e. The third-order valence-electron chi connectivity index (χ3n) is 1.98. The van der Waals surface area contributed by atoms with Crippen molar-refractivity contribution < 1.29 is 9.53 Å². The van der Waals surface area contributed by atoms with E-state index in [1.165, 1.54) is 0 Å². The summed E-state index contributed by atoms with van der Waals surface area (Å²) in [7, 11) is 0. The van der Waals surface area contributed by atoms with Gasteiger partial charge < -0.3 is 10.1 Å². The number of hydrogen-bond acceptors (Lipinski definition) is 2. The van der Waals surface area contributed by atoms with Crippen molar-refractivity contribution in [1.29, 1.82) is 0 Å². The lowest BCUT2D eigenvalue weighted by molar-refractivity contribution is 0.0954. The van der Waals surface area contributed by atoms with Crippen LogP contribution in [0.15, 0.2) is 24.3 Å². The van der Waals surface area contributed by atoms with Crippen LogP contribution in [0.1, 0.15) is 23.7 Å². The number of rotatable bonds is 5.